The molecule has 0 saturated heterocycles. The molecule has 2 aromatic heterocycles. The van der Waals surface area contributed by atoms with Crippen molar-refractivity contribution in [2.24, 2.45) is 27.4 Å². The molecule has 11 nitrogen and oxygen atoms in total. The number of pyridine rings is 1. The molecule has 162 valence electrons. The van der Waals surface area contributed by atoms with Crippen molar-refractivity contribution < 1.29 is 6.22 Å². The molecule has 2 heterocycles. The van der Waals surface area contributed by atoms with Gasteiger partial charge in [-0.2, -0.15) is 5.10 Å². The minimum absolute atomic E-state index is 0. The highest BCUT2D eigenvalue weighted by atomic mass is 16.1. The Kier molecular flexibility index (Phi) is 9.96. The molecule has 0 aromatic carbocycles. The first-order valence-electron chi connectivity index (χ1n) is 9.23. The zero-order chi connectivity index (χ0) is 22.5. The van der Waals surface area contributed by atoms with Crippen LogP contribution in [0.4, 0.5) is 5.69 Å². The van der Waals surface area contributed by atoms with E-state index in [1.807, 2.05) is 33.8 Å². The fourth-order valence-corrected chi connectivity index (χ4v) is 2.04. The molecule has 0 unspecified atom stereocenters. The summed E-state index contributed by atoms with van der Waals surface area (Å²) in [5, 5.41) is 13.5. The van der Waals surface area contributed by atoms with Gasteiger partial charge in [-0.25, -0.2) is 4.68 Å². The summed E-state index contributed by atoms with van der Waals surface area (Å²) in [5.74, 6) is 5.10. The van der Waals surface area contributed by atoms with Crippen molar-refractivity contribution in [3.05, 3.63) is 53.8 Å². The second kappa shape index (κ2) is 12.4. The second-order valence-corrected chi connectivity index (χ2v) is 5.69. The third kappa shape index (κ3) is 7.54. The zero-order valence-corrected chi connectivity index (χ0v) is 17.6. The molecule has 7 N–H and O–H groups in total. The van der Waals surface area contributed by atoms with Gasteiger partial charge < -0.3 is 22.6 Å². The molecular weight excluding hydrogens is 384 g/mol. The lowest BCUT2D eigenvalue weighted by Crippen LogP contribution is -2.35. The van der Waals surface area contributed by atoms with Crippen LogP contribution < -0.4 is 22.6 Å². The van der Waals surface area contributed by atoms with Crippen molar-refractivity contribution in [1.29, 1.82) is 0 Å². The smallest absolute Gasteiger partial charge is 0.273 e. The largest absolute Gasteiger partial charge is 0.401 e. The molecule has 11 heteroatoms. The first kappa shape index (κ1) is 24.0. The Bertz CT molecular complexity index is 949. The molecule has 2 rings (SSSR count). The Labute approximate surface area is 176 Å². The Morgan fingerprint density at radius 3 is 2.60 bits per heavy atom. The van der Waals surface area contributed by atoms with Gasteiger partial charge in [-0.3, -0.25) is 14.8 Å². The number of hydrogen-bond donors (Lipinski definition) is 4. The minimum atomic E-state index is -0.520. The monoisotopic (exact) mass is 414 g/mol. The molecule has 0 saturated carbocycles. The van der Waals surface area contributed by atoms with E-state index < -0.39 is 5.91 Å². The number of carbonyl (C=O) groups is 1. The average Bonchev–Trinajstić information content (AvgIpc) is 3.28. The van der Waals surface area contributed by atoms with E-state index >= 15 is 0 Å². The number of hydrazone groups is 1. The Morgan fingerprint density at radius 1 is 1.27 bits per heavy atom. The van der Waals surface area contributed by atoms with Crippen LogP contribution >= 0.6 is 0 Å². The number of nitrogens with two attached hydrogens (primary N) is 3. The number of hydrogen-bond acceptors (Lipinski definition) is 9. The molecule has 0 fully saturated rings. The van der Waals surface area contributed by atoms with Gasteiger partial charge in [-0.1, -0.05) is 19.1 Å². The van der Waals surface area contributed by atoms with E-state index in [1.54, 1.807) is 24.4 Å². The summed E-state index contributed by atoms with van der Waals surface area (Å²) in [5.41, 5.74) is 14.2. The van der Waals surface area contributed by atoms with E-state index in [2.05, 4.69) is 30.7 Å². The van der Waals surface area contributed by atoms with Gasteiger partial charge in [0, 0.05) is 12.8 Å². The standard InChI is InChI=1S/C17H22N10O.C2H6.H2/c1-11-3-5-14(12(2)24-11)21-10-15(25-20)17(28)22-9-13(18)4-6-16(19)27-8-7-23-26-27;1-2;/h3-8,10H,9,18-20H2,1-2H3,(H,22,28);1-2H3;1H/b13-4-,16-6+,21-10?,25-15+;;. The second-order valence-electron chi connectivity index (χ2n) is 5.69. The van der Waals surface area contributed by atoms with E-state index in [4.69, 9.17) is 17.3 Å². The summed E-state index contributed by atoms with van der Waals surface area (Å²) in [7, 11) is 0. The molecule has 0 atom stereocenters. The Morgan fingerprint density at radius 2 is 2.00 bits per heavy atom. The van der Waals surface area contributed by atoms with E-state index in [0.29, 0.717) is 17.2 Å². The Balaban J connectivity index is 0.00000291. The average molecular weight is 415 g/mol. The van der Waals surface area contributed by atoms with E-state index in [9.17, 15) is 4.79 Å². The fourth-order valence-electron chi connectivity index (χ4n) is 2.04. The van der Waals surface area contributed by atoms with Gasteiger partial charge >= 0.3 is 0 Å². The number of carbonyl (C=O) groups excluding carboxylic acids is 1. The molecule has 0 aliphatic rings. The van der Waals surface area contributed by atoms with Crippen molar-refractivity contribution in [3.63, 3.8) is 0 Å². The van der Waals surface area contributed by atoms with Crippen molar-refractivity contribution >= 4 is 29.3 Å². The number of amides is 1. The fraction of sp³-hybridized carbons (Fsp3) is 0.263. The lowest BCUT2D eigenvalue weighted by Gasteiger charge is -2.05. The molecule has 0 aliphatic heterocycles. The first-order chi connectivity index (χ1) is 14.4. The first-order valence-corrected chi connectivity index (χ1v) is 9.23. The highest BCUT2D eigenvalue weighted by Gasteiger charge is 2.09. The van der Waals surface area contributed by atoms with Crippen molar-refractivity contribution in [3.8, 4) is 0 Å². The number of aryl methyl sites for hydroxylation is 2. The predicted molar refractivity (Wildman–Crippen MR) is 121 cm³/mol. The normalized spacial score (nSPS) is 12.5. The van der Waals surface area contributed by atoms with E-state index in [0.717, 1.165) is 11.4 Å². The van der Waals surface area contributed by atoms with E-state index in [1.165, 1.54) is 17.1 Å². The van der Waals surface area contributed by atoms with Gasteiger partial charge in [0.15, 0.2) is 5.71 Å². The molecule has 0 spiro atoms. The van der Waals surface area contributed by atoms with Gasteiger partial charge in [-0.15, -0.1) is 5.10 Å². The molecule has 0 bridgehead atoms. The van der Waals surface area contributed by atoms with Crippen LogP contribution in [0.15, 0.2) is 52.5 Å². The van der Waals surface area contributed by atoms with Crippen molar-refractivity contribution in [2.45, 2.75) is 27.7 Å². The van der Waals surface area contributed by atoms with E-state index in [-0.39, 0.29) is 13.7 Å². The molecular formula is C19H30N10O. The van der Waals surface area contributed by atoms with Crippen LogP contribution in [0.2, 0.25) is 0 Å². The highest BCUT2D eigenvalue weighted by molar-refractivity contribution is 6.60. The number of rotatable bonds is 7. The maximum absolute atomic E-state index is 12.2. The van der Waals surface area contributed by atoms with Crippen molar-refractivity contribution in [1.82, 2.24) is 25.3 Å². The maximum atomic E-state index is 12.2. The lowest BCUT2D eigenvalue weighted by molar-refractivity contribution is -0.114. The van der Waals surface area contributed by atoms with Gasteiger partial charge in [0.2, 0.25) is 0 Å². The number of nitrogens with one attached hydrogen (secondary N) is 1. The number of aromatic nitrogens is 4. The summed E-state index contributed by atoms with van der Waals surface area (Å²) >= 11 is 0. The highest BCUT2D eigenvalue weighted by Crippen LogP contribution is 2.15. The topological polar surface area (TPSA) is 175 Å². The van der Waals surface area contributed by atoms with Gasteiger partial charge in [0.05, 0.1) is 36.5 Å². The van der Waals surface area contributed by atoms with Crippen LogP contribution in [0.1, 0.15) is 26.7 Å². The molecule has 30 heavy (non-hydrogen) atoms. The van der Waals surface area contributed by atoms with Crippen LogP contribution in [-0.4, -0.2) is 44.4 Å². The van der Waals surface area contributed by atoms with Crippen LogP contribution in [0.3, 0.4) is 0 Å². The van der Waals surface area contributed by atoms with Gasteiger partial charge in [-0.05, 0) is 38.1 Å². The lowest BCUT2D eigenvalue weighted by atomic mass is 10.3. The van der Waals surface area contributed by atoms with Crippen LogP contribution in [0.25, 0.3) is 5.82 Å². The molecule has 0 aliphatic carbocycles. The molecule has 1 amide bonds. The summed E-state index contributed by atoms with van der Waals surface area (Å²) < 4.78 is 1.37. The number of aliphatic imine (C=N–C) groups is 1. The van der Waals surface area contributed by atoms with Crippen molar-refractivity contribution in [2.75, 3.05) is 6.54 Å². The van der Waals surface area contributed by atoms with Gasteiger partial charge in [0.1, 0.15) is 5.82 Å². The van der Waals surface area contributed by atoms with Crippen LogP contribution in [0.5, 0.6) is 0 Å². The quantitative estimate of drug-likeness (QED) is 0.226. The van der Waals surface area contributed by atoms with Crippen LogP contribution in [-0.2, 0) is 4.79 Å². The summed E-state index contributed by atoms with van der Waals surface area (Å²) in [6.45, 7) is 7.77. The third-order valence-electron chi connectivity index (χ3n) is 3.50. The third-order valence-corrected chi connectivity index (χ3v) is 3.50. The maximum Gasteiger partial charge on any atom is 0.273 e. The molecule has 2 aromatic rings. The summed E-state index contributed by atoms with van der Waals surface area (Å²) in [4.78, 5) is 20.7. The Hall–Kier alpha value is -4.02. The number of allylic oxidation sites excluding steroid dienone is 2. The van der Waals surface area contributed by atoms with Crippen LogP contribution in [0, 0.1) is 13.8 Å². The zero-order valence-electron chi connectivity index (χ0n) is 17.6. The minimum Gasteiger partial charge on any atom is -0.401 e. The summed E-state index contributed by atoms with van der Waals surface area (Å²) in [6, 6.07) is 3.62. The van der Waals surface area contributed by atoms with Gasteiger partial charge in [0.25, 0.3) is 5.91 Å². The number of nitrogens with zero attached hydrogens (tertiary/aromatic N) is 6. The predicted octanol–water partition coefficient (Wildman–Crippen LogP) is 0.995. The SMILES string of the molecule is CC.Cc1ccc(N=C/C(=N\N)C(=O)NC/C(N)=C/C=C(\N)n2ccnn2)c(C)n1.[HH]. The summed E-state index contributed by atoms with van der Waals surface area (Å²) in [6.07, 6.45) is 7.45. The molecule has 0 radical (unpaired) electrons.